The molecule has 2 aromatic rings. The number of hydrogen-bond acceptors (Lipinski definition) is 4. The zero-order valence-electron chi connectivity index (χ0n) is 10.1. The molecule has 2 rings (SSSR count). The average molecular weight is 362 g/mol. The highest BCUT2D eigenvalue weighted by Gasteiger charge is 2.04. The van der Waals surface area contributed by atoms with Gasteiger partial charge in [-0.3, -0.25) is 0 Å². The van der Waals surface area contributed by atoms with Crippen LogP contribution >= 0.6 is 49.6 Å². The van der Waals surface area contributed by atoms with Gasteiger partial charge >= 0.3 is 0 Å². The van der Waals surface area contributed by atoms with Crippen molar-refractivity contribution in [3.8, 4) is 22.6 Å². The van der Waals surface area contributed by atoms with Crippen molar-refractivity contribution in [1.82, 2.24) is 0 Å². The number of halogens is 4. The standard InChI is InChI=1S/C12H12N2O2.4ClH/c13-9-3-1-7(5-11(9)15)8-2-4-10(14)12(16)6-8;;;;/h1-6,15-16H,13-14H2;4*1H. The SMILES string of the molecule is Cl.Cl.Cl.Cl.Nc1ccc(-c2ccc(N)c(O)c2)cc1O. The maximum absolute atomic E-state index is 9.47. The predicted molar refractivity (Wildman–Crippen MR) is 93.0 cm³/mol. The van der Waals surface area contributed by atoms with Crippen LogP contribution in [0.25, 0.3) is 11.1 Å². The number of phenolic OH excluding ortho intramolecular Hbond substituents is 2. The second-order valence-electron chi connectivity index (χ2n) is 3.55. The Hall–Kier alpha value is -1.20. The van der Waals surface area contributed by atoms with E-state index in [0.29, 0.717) is 11.4 Å². The zero-order valence-corrected chi connectivity index (χ0v) is 13.4. The van der Waals surface area contributed by atoms with Crippen LogP contribution in [0.2, 0.25) is 0 Å². The Labute approximate surface area is 141 Å². The lowest BCUT2D eigenvalue weighted by atomic mass is 10.0. The van der Waals surface area contributed by atoms with Gasteiger partial charge in [-0.2, -0.15) is 0 Å². The van der Waals surface area contributed by atoms with Crippen molar-refractivity contribution >= 4 is 61.0 Å². The van der Waals surface area contributed by atoms with Crippen molar-refractivity contribution in [2.75, 3.05) is 11.5 Å². The second kappa shape index (κ2) is 9.66. The first kappa shape index (κ1) is 23.9. The summed E-state index contributed by atoms with van der Waals surface area (Å²) in [5.41, 5.74) is 13.2. The first-order valence-corrected chi connectivity index (χ1v) is 4.75. The number of hydrogen-bond donors (Lipinski definition) is 4. The number of rotatable bonds is 1. The molecular formula is C12H16Cl4N2O2. The quantitative estimate of drug-likeness (QED) is 0.461. The molecule has 0 aromatic heterocycles. The van der Waals surface area contributed by atoms with E-state index < -0.39 is 0 Å². The molecule has 6 N–H and O–H groups in total. The molecule has 4 nitrogen and oxygen atoms in total. The number of anilines is 2. The third kappa shape index (κ3) is 5.06. The van der Waals surface area contributed by atoms with E-state index >= 15 is 0 Å². The molecule has 0 saturated carbocycles. The van der Waals surface area contributed by atoms with Crippen molar-refractivity contribution in [2.24, 2.45) is 0 Å². The zero-order chi connectivity index (χ0) is 11.7. The van der Waals surface area contributed by atoms with Crippen LogP contribution in [0.5, 0.6) is 11.5 Å². The third-order valence-corrected chi connectivity index (χ3v) is 2.39. The van der Waals surface area contributed by atoms with E-state index in [0.717, 1.165) is 11.1 Å². The summed E-state index contributed by atoms with van der Waals surface area (Å²) < 4.78 is 0. The molecule has 0 radical (unpaired) electrons. The molecule has 0 spiro atoms. The summed E-state index contributed by atoms with van der Waals surface area (Å²) >= 11 is 0. The minimum absolute atomic E-state index is 0. The maximum Gasteiger partial charge on any atom is 0.139 e. The molecule has 0 unspecified atom stereocenters. The van der Waals surface area contributed by atoms with Crippen LogP contribution in [0.3, 0.4) is 0 Å². The van der Waals surface area contributed by atoms with E-state index in [1.165, 1.54) is 0 Å². The Morgan fingerprint density at radius 3 is 1.15 bits per heavy atom. The van der Waals surface area contributed by atoms with Crippen LogP contribution in [0.1, 0.15) is 0 Å². The van der Waals surface area contributed by atoms with Crippen LogP contribution in [0.4, 0.5) is 11.4 Å². The summed E-state index contributed by atoms with van der Waals surface area (Å²) in [6.45, 7) is 0. The molecule has 0 aliphatic heterocycles. The molecule has 8 heteroatoms. The van der Waals surface area contributed by atoms with E-state index in [-0.39, 0.29) is 61.1 Å². The van der Waals surface area contributed by atoms with E-state index in [4.69, 9.17) is 11.5 Å². The van der Waals surface area contributed by atoms with Crippen molar-refractivity contribution in [1.29, 1.82) is 0 Å². The molecule has 0 fully saturated rings. The van der Waals surface area contributed by atoms with Gasteiger partial charge in [0.2, 0.25) is 0 Å². The highest BCUT2D eigenvalue weighted by atomic mass is 35.5. The normalized spacial score (nSPS) is 8.20. The Bertz CT molecular complexity index is 503. The van der Waals surface area contributed by atoms with Crippen molar-refractivity contribution in [3.63, 3.8) is 0 Å². The molecule has 0 aliphatic carbocycles. The van der Waals surface area contributed by atoms with E-state index in [2.05, 4.69) is 0 Å². The Morgan fingerprint density at radius 1 is 0.600 bits per heavy atom. The Balaban J connectivity index is -0.000000722. The first-order valence-electron chi connectivity index (χ1n) is 4.75. The number of nitrogens with two attached hydrogens (primary N) is 2. The number of benzene rings is 2. The molecule has 0 saturated heterocycles. The van der Waals surface area contributed by atoms with E-state index in [9.17, 15) is 10.2 Å². The summed E-state index contributed by atoms with van der Waals surface area (Å²) in [4.78, 5) is 0. The van der Waals surface area contributed by atoms with Crippen LogP contribution in [0.15, 0.2) is 36.4 Å². The average Bonchev–Trinajstić information content (AvgIpc) is 2.26. The number of nitrogen functional groups attached to an aromatic ring is 2. The lowest BCUT2D eigenvalue weighted by molar-refractivity contribution is 0.477. The van der Waals surface area contributed by atoms with Crippen LogP contribution in [0, 0.1) is 0 Å². The van der Waals surface area contributed by atoms with Crippen LogP contribution < -0.4 is 11.5 Å². The molecule has 0 atom stereocenters. The van der Waals surface area contributed by atoms with Crippen LogP contribution in [-0.2, 0) is 0 Å². The fraction of sp³-hybridized carbons (Fsp3) is 0. The predicted octanol–water partition coefficient (Wildman–Crippen LogP) is 3.62. The minimum atomic E-state index is 0. The summed E-state index contributed by atoms with van der Waals surface area (Å²) in [5, 5.41) is 18.9. The molecule has 2 aromatic carbocycles. The van der Waals surface area contributed by atoms with E-state index in [1.54, 1.807) is 36.4 Å². The largest absolute Gasteiger partial charge is 0.506 e. The fourth-order valence-corrected chi connectivity index (χ4v) is 1.45. The van der Waals surface area contributed by atoms with Gasteiger partial charge < -0.3 is 21.7 Å². The monoisotopic (exact) mass is 360 g/mol. The van der Waals surface area contributed by atoms with Gasteiger partial charge in [-0.05, 0) is 35.4 Å². The smallest absolute Gasteiger partial charge is 0.139 e. The van der Waals surface area contributed by atoms with Gasteiger partial charge in [-0.1, -0.05) is 12.1 Å². The molecule has 0 aliphatic rings. The Morgan fingerprint density at radius 2 is 0.900 bits per heavy atom. The van der Waals surface area contributed by atoms with Gasteiger partial charge in [0.25, 0.3) is 0 Å². The van der Waals surface area contributed by atoms with Gasteiger partial charge in [-0.15, -0.1) is 49.6 Å². The third-order valence-electron chi connectivity index (χ3n) is 2.39. The highest BCUT2D eigenvalue weighted by Crippen LogP contribution is 2.31. The highest BCUT2D eigenvalue weighted by molar-refractivity contribution is 5.86. The molecule has 0 bridgehead atoms. The fourth-order valence-electron chi connectivity index (χ4n) is 1.45. The minimum Gasteiger partial charge on any atom is -0.506 e. The van der Waals surface area contributed by atoms with E-state index in [1.807, 2.05) is 0 Å². The molecular weight excluding hydrogens is 346 g/mol. The Kier molecular flexibility index (Phi) is 11.5. The topological polar surface area (TPSA) is 92.5 Å². The maximum atomic E-state index is 9.47. The van der Waals surface area contributed by atoms with Crippen molar-refractivity contribution < 1.29 is 10.2 Å². The summed E-state index contributed by atoms with van der Waals surface area (Å²) in [6.07, 6.45) is 0. The first-order chi connectivity index (χ1) is 7.58. The lowest BCUT2D eigenvalue weighted by Gasteiger charge is -2.06. The van der Waals surface area contributed by atoms with Gasteiger partial charge in [0.1, 0.15) is 11.5 Å². The second-order valence-corrected chi connectivity index (χ2v) is 3.55. The molecule has 20 heavy (non-hydrogen) atoms. The van der Waals surface area contributed by atoms with Gasteiger partial charge in [0, 0.05) is 0 Å². The number of phenols is 2. The number of aromatic hydroxyl groups is 2. The molecule has 114 valence electrons. The summed E-state index contributed by atoms with van der Waals surface area (Å²) in [6, 6.07) is 9.83. The van der Waals surface area contributed by atoms with Crippen molar-refractivity contribution in [2.45, 2.75) is 0 Å². The molecule has 0 heterocycles. The summed E-state index contributed by atoms with van der Waals surface area (Å²) in [5.74, 6) is 0.0441. The van der Waals surface area contributed by atoms with Gasteiger partial charge in [0.05, 0.1) is 11.4 Å². The van der Waals surface area contributed by atoms with Crippen molar-refractivity contribution in [3.05, 3.63) is 36.4 Å². The van der Waals surface area contributed by atoms with Crippen LogP contribution in [-0.4, -0.2) is 10.2 Å². The van der Waals surface area contributed by atoms with Gasteiger partial charge in [0.15, 0.2) is 0 Å². The van der Waals surface area contributed by atoms with Gasteiger partial charge in [-0.25, -0.2) is 0 Å². The lowest BCUT2D eigenvalue weighted by Crippen LogP contribution is -1.88. The molecule has 0 amide bonds. The summed E-state index contributed by atoms with van der Waals surface area (Å²) in [7, 11) is 0.